The maximum Gasteiger partial charge on any atom is 0.227 e. The van der Waals surface area contributed by atoms with Crippen molar-refractivity contribution >= 4 is 28.3 Å². The standard InChI is InChI=1S/C34H33N2O/c1-21-8-6-9-22(2)32(21)29-15-13-28-33-27-12-7-17-36-20-25(19-24-10-4-5-11-24)23(3)18-30(36)26(27)14-16-31(33)37-34(28)35-29/h6-9,13-18,20,24H,4-5,10-12,19H2,1-3H3/q+1. The lowest BCUT2D eigenvalue weighted by molar-refractivity contribution is -0.556. The summed E-state index contributed by atoms with van der Waals surface area (Å²) >= 11 is 0. The van der Waals surface area contributed by atoms with Crippen LogP contribution in [0.1, 0.15) is 53.5 Å². The molecule has 0 bridgehead atoms. The predicted molar refractivity (Wildman–Crippen MR) is 151 cm³/mol. The third-order valence-corrected chi connectivity index (χ3v) is 8.63. The van der Waals surface area contributed by atoms with Crippen LogP contribution in [0.25, 0.3) is 50.8 Å². The summed E-state index contributed by atoms with van der Waals surface area (Å²) in [6, 6.07) is 17.5. The topological polar surface area (TPSA) is 29.9 Å². The summed E-state index contributed by atoms with van der Waals surface area (Å²) in [5.74, 6) is 0.845. The van der Waals surface area contributed by atoms with E-state index in [4.69, 9.17) is 9.40 Å². The minimum Gasteiger partial charge on any atom is -0.438 e. The molecular formula is C34H33N2O+. The Labute approximate surface area is 218 Å². The summed E-state index contributed by atoms with van der Waals surface area (Å²) in [6.45, 7) is 6.58. The number of nitrogens with zero attached hydrogens (tertiary/aromatic N) is 2. The number of hydrogen-bond acceptors (Lipinski definition) is 2. The molecule has 1 aliphatic carbocycles. The molecule has 1 aliphatic heterocycles. The molecule has 0 atom stereocenters. The highest BCUT2D eigenvalue weighted by atomic mass is 16.3. The van der Waals surface area contributed by atoms with Gasteiger partial charge in [0.25, 0.3) is 0 Å². The molecule has 0 saturated heterocycles. The lowest BCUT2D eigenvalue weighted by Crippen LogP contribution is -2.30. The molecule has 3 heteroatoms. The first-order valence-corrected chi connectivity index (χ1v) is 13.7. The van der Waals surface area contributed by atoms with Crippen LogP contribution in [0.4, 0.5) is 0 Å². The van der Waals surface area contributed by atoms with Gasteiger partial charge in [0.2, 0.25) is 11.4 Å². The molecule has 1 fully saturated rings. The summed E-state index contributed by atoms with van der Waals surface area (Å²) in [5.41, 5.74) is 13.0. The number of aromatic nitrogens is 2. The Kier molecular flexibility index (Phi) is 5.28. The first kappa shape index (κ1) is 22.5. The zero-order valence-corrected chi connectivity index (χ0v) is 22.0. The fraction of sp³-hybridized carbons (Fsp3) is 0.294. The van der Waals surface area contributed by atoms with Crippen molar-refractivity contribution in [1.82, 2.24) is 4.98 Å². The van der Waals surface area contributed by atoms with Crippen molar-refractivity contribution in [3.63, 3.8) is 0 Å². The predicted octanol–water partition coefficient (Wildman–Crippen LogP) is 8.29. The number of fused-ring (bicyclic) bond motifs is 7. The van der Waals surface area contributed by atoms with E-state index in [1.165, 1.54) is 82.1 Å². The van der Waals surface area contributed by atoms with E-state index in [0.29, 0.717) is 5.71 Å². The van der Waals surface area contributed by atoms with Gasteiger partial charge >= 0.3 is 0 Å². The Morgan fingerprint density at radius 2 is 1.76 bits per heavy atom. The molecule has 0 spiro atoms. The van der Waals surface area contributed by atoms with Gasteiger partial charge in [-0.05, 0) is 92.1 Å². The first-order valence-electron chi connectivity index (χ1n) is 13.7. The van der Waals surface area contributed by atoms with E-state index < -0.39 is 0 Å². The van der Waals surface area contributed by atoms with Gasteiger partial charge < -0.3 is 4.42 Å². The molecule has 0 N–H and O–H groups in total. The molecule has 2 aliphatic rings. The van der Waals surface area contributed by atoms with Crippen molar-refractivity contribution in [2.24, 2.45) is 5.92 Å². The first-order chi connectivity index (χ1) is 18.1. The van der Waals surface area contributed by atoms with Gasteiger partial charge in [-0.15, -0.1) is 0 Å². The molecule has 37 heavy (non-hydrogen) atoms. The zero-order chi connectivity index (χ0) is 25.1. The minimum atomic E-state index is 0.716. The molecule has 0 radical (unpaired) electrons. The molecule has 7 rings (SSSR count). The van der Waals surface area contributed by atoms with Crippen LogP contribution in [-0.4, -0.2) is 4.98 Å². The second-order valence-corrected chi connectivity index (χ2v) is 11.1. The van der Waals surface area contributed by atoms with Crippen LogP contribution in [0.3, 0.4) is 0 Å². The number of allylic oxidation sites excluding steroid dienone is 1. The van der Waals surface area contributed by atoms with Gasteiger partial charge in [-0.3, -0.25) is 0 Å². The van der Waals surface area contributed by atoms with Gasteiger partial charge in [0.1, 0.15) is 5.58 Å². The van der Waals surface area contributed by atoms with E-state index >= 15 is 0 Å². The number of benzene rings is 2. The van der Waals surface area contributed by atoms with E-state index in [1.54, 1.807) is 0 Å². The van der Waals surface area contributed by atoms with Crippen LogP contribution < -0.4 is 4.57 Å². The summed E-state index contributed by atoms with van der Waals surface area (Å²) < 4.78 is 8.71. The maximum absolute atomic E-state index is 6.36. The summed E-state index contributed by atoms with van der Waals surface area (Å²) in [7, 11) is 0. The average Bonchev–Trinajstić information content (AvgIpc) is 3.49. The zero-order valence-electron chi connectivity index (χ0n) is 22.0. The molecule has 1 saturated carbocycles. The fourth-order valence-electron chi connectivity index (χ4n) is 6.70. The molecule has 184 valence electrons. The van der Waals surface area contributed by atoms with E-state index in [9.17, 15) is 0 Å². The van der Waals surface area contributed by atoms with Crippen molar-refractivity contribution in [2.75, 3.05) is 0 Å². The molecule has 4 heterocycles. The third kappa shape index (κ3) is 3.71. The van der Waals surface area contributed by atoms with E-state index in [0.717, 1.165) is 29.0 Å². The smallest absolute Gasteiger partial charge is 0.227 e. The number of pyridine rings is 2. The van der Waals surface area contributed by atoms with Crippen molar-refractivity contribution in [3.05, 3.63) is 88.6 Å². The minimum absolute atomic E-state index is 0.716. The number of hydrogen-bond donors (Lipinski definition) is 0. The quantitative estimate of drug-likeness (QED) is 0.241. The van der Waals surface area contributed by atoms with Gasteiger partial charge in [-0.1, -0.05) is 43.9 Å². The van der Waals surface area contributed by atoms with Gasteiger partial charge in [0, 0.05) is 28.0 Å². The molecule has 2 aromatic carbocycles. The van der Waals surface area contributed by atoms with Crippen molar-refractivity contribution in [3.8, 4) is 22.5 Å². The van der Waals surface area contributed by atoms with Crippen LogP contribution in [0.2, 0.25) is 0 Å². The monoisotopic (exact) mass is 485 g/mol. The van der Waals surface area contributed by atoms with Crippen LogP contribution in [0.5, 0.6) is 0 Å². The Bertz CT molecular complexity index is 1700. The van der Waals surface area contributed by atoms with Crippen molar-refractivity contribution in [1.29, 1.82) is 0 Å². The second-order valence-electron chi connectivity index (χ2n) is 11.1. The second kappa shape index (κ2) is 8.69. The van der Waals surface area contributed by atoms with Gasteiger partial charge in [-0.2, -0.15) is 4.57 Å². The van der Waals surface area contributed by atoms with Crippen molar-refractivity contribution < 1.29 is 8.98 Å². The largest absolute Gasteiger partial charge is 0.438 e. The highest BCUT2D eigenvalue weighted by Crippen LogP contribution is 2.39. The molecule has 0 unspecified atom stereocenters. The van der Waals surface area contributed by atoms with Crippen LogP contribution in [-0.2, 0) is 12.8 Å². The summed E-state index contributed by atoms with van der Waals surface area (Å²) in [5, 5.41) is 2.29. The van der Waals surface area contributed by atoms with Crippen molar-refractivity contribution in [2.45, 2.75) is 59.3 Å². The van der Waals surface area contributed by atoms with Crippen LogP contribution in [0.15, 0.2) is 65.2 Å². The Hall–Kier alpha value is -3.72. The Balaban J connectivity index is 1.37. The van der Waals surface area contributed by atoms with E-state index in [2.05, 4.69) is 92.3 Å². The average molecular weight is 486 g/mol. The molecule has 3 aromatic heterocycles. The van der Waals surface area contributed by atoms with Gasteiger partial charge in [0.05, 0.1) is 11.3 Å². The molecule has 0 amide bonds. The Morgan fingerprint density at radius 1 is 0.946 bits per heavy atom. The Morgan fingerprint density at radius 3 is 2.57 bits per heavy atom. The normalized spacial score (nSPS) is 15.3. The fourth-order valence-corrected chi connectivity index (χ4v) is 6.70. The number of aryl methyl sites for hydroxylation is 3. The SMILES string of the molecule is Cc1cc2[n+](cc1CC1CCCC1)C=CCc1c-2ccc2oc3nc(-c4c(C)cccc4C)ccc3c12. The number of rotatable bonds is 3. The lowest BCUT2D eigenvalue weighted by Gasteiger charge is -2.12. The van der Waals surface area contributed by atoms with E-state index in [1.807, 2.05) is 0 Å². The van der Waals surface area contributed by atoms with Gasteiger partial charge in [0.15, 0.2) is 12.4 Å². The maximum atomic E-state index is 6.36. The molecule has 3 nitrogen and oxygen atoms in total. The summed E-state index contributed by atoms with van der Waals surface area (Å²) in [4.78, 5) is 5.01. The molecule has 5 aromatic rings. The highest BCUT2D eigenvalue weighted by Gasteiger charge is 2.26. The highest BCUT2D eigenvalue weighted by molar-refractivity contribution is 6.08. The lowest BCUT2D eigenvalue weighted by atomic mass is 9.93. The number of furan rings is 1. The van der Waals surface area contributed by atoms with E-state index in [-0.39, 0.29) is 0 Å². The van der Waals surface area contributed by atoms with Crippen LogP contribution in [0, 0.1) is 26.7 Å². The summed E-state index contributed by atoms with van der Waals surface area (Å²) in [6.07, 6.45) is 14.5. The van der Waals surface area contributed by atoms with Gasteiger partial charge in [-0.25, -0.2) is 4.98 Å². The molecular weight excluding hydrogens is 452 g/mol. The third-order valence-electron chi connectivity index (χ3n) is 8.63. The van der Waals surface area contributed by atoms with Crippen LogP contribution >= 0.6 is 0 Å².